The molecule has 9 heteroatoms. The molecule has 2 fully saturated rings. The van der Waals surface area contributed by atoms with Crippen LogP contribution in [-0.4, -0.2) is 34.0 Å². The number of hydrogen-bond acceptors (Lipinski definition) is 7. The van der Waals surface area contributed by atoms with Crippen LogP contribution in [0.4, 0.5) is 11.4 Å². The highest BCUT2D eigenvalue weighted by molar-refractivity contribution is 8.19. The first kappa shape index (κ1) is 22.5. The molecule has 174 valence electrons. The molecule has 3 heterocycles. The highest BCUT2D eigenvalue weighted by atomic mass is 35.5. The van der Waals surface area contributed by atoms with Gasteiger partial charge in [0.25, 0.3) is 5.91 Å². The fourth-order valence-electron chi connectivity index (χ4n) is 4.78. The summed E-state index contributed by atoms with van der Waals surface area (Å²) in [6.07, 6.45) is 5.59. The largest absolute Gasteiger partial charge is 0.337 e. The number of aryl methyl sites for hydroxylation is 1. The van der Waals surface area contributed by atoms with Gasteiger partial charge in [-0.05, 0) is 67.9 Å². The Bertz CT molecular complexity index is 1380. The number of nitrogens with zero attached hydrogens (tertiary/aromatic N) is 4. The lowest BCUT2D eigenvalue weighted by molar-refractivity contribution is -0.124. The van der Waals surface area contributed by atoms with Gasteiger partial charge in [-0.2, -0.15) is 0 Å². The molecule has 1 aromatic heterocycles. The lowest BCUT2D eigenvalue weighted by Gasteiger charge is -2.30. The Hall–Kier alpha value is -2.00. The van der Waals surface area contributed by atoms with E-state index in [0.717, 1.165) is 72.3 Å². The fraction of sp³-hybridized carbons (Fsp3) is 0.320. The van der Waals surface area contributed by atoms with E-state index in [1.165, 1.54) is 18.2 Å². The molecule has 3 aliphatic rings. The van der Waals surface area contributed by atoms with Gasteiger partial charge in [-0.15, -0.1) is 11.3 Å². The molecule has 2 aliphatic heterocycles. The van der Waals surface area contributed by atoms with Gasteiger partial charge in [0.2, 0.25) is 0 Å². The van der Waals surface area contributed by atoms with Crippen molar-refractivity contribution >= 4 is 79.1 Å². The molecule has 0 unspecified atom stereocenters. The monoisotopic (exact) mass is 526 g/mol. The Kier molecular flexibility index (Phi) is 5.88. The van der Waals surface area contributed by atoms with E-state index in [-0.39, 0.29) is 11.9 Å². The number of amidine groups is 1. The van der Waals surface area contributed by atoms with E-state index in [1.807, 2.05) is 49.2 Å². The molecular formula is C25H23ClN4OS3. The van der Waals surface area contributed by atoms with Crippen molar-refractivity contribution in [3.8, 4) is 0 Å². The number of benzene rings is 2. The predicted molar refractivity (Wildman–Crippen MR) is 145 cm³/mol. The number of carbonyl (C=O) groups excluding carboxylic acids is 1. The van der Waals surface area contributed by atoms with Gasteiger partial charge < -0.3 is 4.90 Å². The van der Waals surface area contributed by atoms with Crippen molar-refractivity contribution in [2.75, 3.05) is 11.9 Å². The van der Waals surface area contributed by atoms with E-state index in [0.29, 0.717) is 5.02 Å². The van der Waals surface area contributed by atoms with Crippen molar-refractivity contribution in [1.29, 1.82) is 0 Å². The summed E-state index contributed by atoms with van der Waals surface area (Å²) in [5.41, 5.74) is 2.83. The zero-order chi connectivity index (χ0) is 23.4. The first-order valence-corrected chi connectivity index (χ1v) is 14.2. The zero-order valence-corrected chi connectivity index (χ0v) is 22.1. The second-order valence-corrected chi connectivity index (χ2v) is 12.4. The molecule has 5 nitrogen and oxygen atoms in total. The second kappa shape index (κ2) is 8.90. The van der Waals surface area contributed by atoms with E-state index >= 15 is 0 Å². The van der Waals surface area contributed by atoms with Crippen LogP contribution in [0.2, 0.25) is 5.02 Å². The average molecular weight is 527 g/mol. The highest BCUT2D eigenvalue weighted by Crippen LogP contribution is 2.51. The molecule has 0 bridgehead atoms. The summed E-state index contributed by atoms with van der Waals surface area (Å²) in [5.74, 6) is 0.0643. The van der Waals surface area contributed by atoms with E-state index < -0.39 is 0 Å². The van der Waals surface area contributed by atoms with E-state index in [1.54, 1.807) is 23.1 Å². The normalized spacial score (nSPS) is 22.4. The molecule has 0 spiro atoms. The number of aliphatic imine (C=N–C) groups is 1. The number of amides is 1. The second-order valence-electron chi connectivity index (χ2n) is 8.76. The Balaban J connectivity index is 1.42. The molecule has 2 aromatic carbocycles. The lowest BCUT2D eigenvalue weighted by atomic mass is 9.94. The summed E-state index contributed by atoms with van der Waals surface area (Å²) in [7, 11) is 2.00. The van der Waals surface area contributed by atoms with Crippen LogP contribution in [0.25, 0.3) is 10.2 Å². The standard InChI is InChI=1S/C25H23ClN4OS3/c1-14-27-18-13-16(9-11-20(18)32-14)28-25-30(17-6-4-3-5-7-17)23(31)22(34-25)24-29(2)19-12-15(26)8-10-21(19)33-24/h8-13,17H,3-7H2,1-2H3/b24-22-,28-25?. The van der Waals surface area contributed by atoms with Crippen molar-refractivity contribution < 1.29 is 4.79 Å². The molecule has 0 N–H and O–H groups in total. The Morgan fingerprint density at radius 3 is 2.74 bits per heavy atom. The molecule has 1 saturated carbocycles. The summed E-state index contributed by atoms with van der Waals surface area (Å²) in [4.78, 5) is 29.4. The van der Waals surface area contributed by atoms with Gasteiger partial charge in [-0.25, -0.2) is 9.98 Å². The molecule has 1 saturated heterocycles. The van der Waals surface area contributed by atoms with E-state index in [2.05, 4.69) is 16.0 Å². The van der Waals surface area contributed by atoms with Crippen LogP contribution in [-0.2, 0) is 4.79 Å². The lowest BCUT2D eigenvalue weighted by Crippen LogP contribution is -2.40. The maximum Gasteiger partial charge on any atom is 0.269 e. The molecule has 34 heavy (non-hydrogen) atoms. The van der Waals surface area contributed by atoms with Crippen molar-refractivity contribution in [1.82, 2.24) is 9.88 Å². The number of anilines is 1. The summed E-state index contributed by atoms with van der Waals surface area (Å²) in [6, 6.07) is 12.2. The van der Waals surface area contributed by atoms with Crippen LogP contribution in [0.3, 0.4) is 0 Å². The maximum atomic E-state index is 13.9. The SMILES string of the molecule is Cc1nc2cc(N=C3S/C(=C4\Sc5ccc(Cl)cc5N4C)C(=O)N3C3CCCCC3)ccc2s1. The van der Waals surface area contributed by atoms with E-state index in [4.69, 9.17) is 16.6 Å². The van der Waals surface area contributed by atoms with Crippen molar-refractivity contribution in [2.24, 2.45) is 4.99 Å². The molecular weight excluding hydrogens is 504 g/mol. The van der Waals surface area contributed by atoms with Gasteiger partial charge >= 0.3 is 0 Å². The number of rotatable bonds is 2. The minimum Gasteiger partial charge on any atom is -0.337 e. The molecule has 0 atom stereocenters. The third-order valence-corrected chi connectivity index (χ3v) is 10.0. The highest BCUT2D eigenvalue weighted by Gasteiger charge is 2.42. The number of thiazole rings is 1. The topological polar surface area (TPSA) is 48.8 Å². The van der Waals surface area contributed by atoms with Crippen molar-refractivity contribution in [3.05, 3.63) is 56.4 Å². The zero-order valence-electron chi connectivity index (χ0n) is 18.9. The smallest absolute Gasteiger partial charge is 0.269 e. The van der Waals surface area contributed by atoms with Crippen molar-refractivity contribution in [3.63, 3.8) is 0 Å². The average Bonchev–Trinajstić information content (AvgIpc) is 3.46. The minimum atomic E-state index is 0.0643. The summed E-state index contributed by atoms with van der Waals surface area (Å²) in [5, 5.41) is 3.46. The van der Waals surface area contributed by atoms with Crippen LogP contribution >= 0.6 is 46.5 Å². The predicted octanol–water partition coefficient (Wildman–Crippen LogP) is 7.56. The first-order chi connectivity index (χ1) is 16.5. The van der Waals surface area contributed by atoms with Gasteiger partial charge in [0.05, 0.1) is 31.6 Å². The summed E-state index contributed by atoms with van der Waals surface area (Å²) in [6.45, 7) is 2.02. The Morgan fingerprint density at radius 1 is 1.09 bits per heavy atom. The third-order valence-electron chi connectivity index (χ3n) is 6.44. The Morgan fingerprint density at radius 2 is 1.91 bits per heavy atom. The molecule has 1 amide bonds. The van der Waals surface area contributed by atoms with Crippen LogP contribution in [0, 0.1) is 6.92 Å². The van der Waals surface area contributed by atoms with Crippen LogP contribution in [0.15, 0.2) is 56.2 Å². The van der Waals surface area contributed by atoms with Crippen LogP contribution in [0.1, 0.15) is 37.1 Å². The van der Waals surface area contributed by atoms with Gasteiger partial charge in [0, 0.05) is 23.0 Å². The first-order valence-electron chi connectivity index (χ1n) is 11.4. The quantitative estimate of drug-likeness (QED) is 0.322. The fourth-order valence-corrected chi connectivity index (χ4v) is 8.14. The number of aromatic nitrogens is 1. The van der Waals surface area contributed by atoms with Crippen LogP contribution in [0.5, 0.6) is 0 Å². The molecule has 3 aromatic rings. The summed E-state index contributed by atoms with van der Waals surface area (Å²) < 4.78 is 1.16. The summed E-state index contributed by atoms with van der Waals surface area (Å²) >= 11 is 11.1. The minimum absolute atomic E-state index is 0.0643. The van der Waals surface area contributed by atoms with Crippen LogP contribution < -0.4 is 4.90 Å². The number of hydrogen-bond donors (Lipinski definition) is 0. The van der Waals surface area contributed by atoms with Gasteiger partial charge in [0.1, 0.15) is 4.91 Å². The number of carbonyl (C=O) groups is 1. The number of halogens is 1. The van der Waals surface area contributed by atoms with E-state index in [9.17, 15) is 4.79 Å². The van der Waals surface area contributed by atoms with Gasteiger partial charge in [-0.1, -0.05) is 42.6 Å². The van der Waals surface area contributed by atoms with Gasteiger partial charge in [0.15, 0.2) is 5.17 Å². The van der Waals surface area contributed by atoms with Crippen molar-refractivity contribution in [2.45, 2.75) is 50.0 Å². The third kappa shape index (κ3) is 3.94. The maximum absolute atomic E-state index is 13.9. The molecule has 0 radical (unpaired) electrons. The Labute approximate surface area is 216 Å². The number of thioether (sulfide) groups is 2. The molecule has 1 aliphatic carbocycles. The van der Waals surface area contributed by atoms with Gasteiger partial charge in [-0.3, -0.25) is 9.69 Å². The number of fused-ring (bicyclic) bond motifs is 2. The molecule has 6 rings (SSSR count).